The van der Waals surface area contributed by atoms with Gasteiger partial charge in [-0.15, -0.1) is 0 Å². The Hall–Kier alpha value is -1.32. The van der Waals surface area contributed by atoms with E-state index in [0.717, 1.165) is 13.0 Å². The molecule has 0 unspecified atom stereocenters. The van der Waals surface area contributed by atoms with Gasteiger partial charge in [-0.05, 0) is 62.5 Å². The van der Waals surface area contributed by atoms with Crippen LogP contribution in [0.25, 0.3) is 10.9 Å². The summed E-state index contributed by atoms with van der Waals surface area (Å²) in [5.74, 6) is 0. The van der Waals surface area contributed by atoms with Gasteiger partial charge in [0.1, 0.15) is 0 Å². The molecule has 1 aromatic heterocycles. The number of hydrogen-bond acceptors (Lipinski definition) is 2. The fourth-order valence-electron chi connectivity index (χ4n) is 3.35. The number of hydrogen-bond donors (Lipinski definition) is 2. The third kappa shape index (κ3) is 2.89. The van der Waals surface area contributed by atoms with E-state index in [9.17, 15) is 0 Å². The summed E-state index contributed by atoms with van der Waals surface area (Å²) >= 11 is 0. The number of rotatable bonds is 3. The summed E-state index contributed by atoms with van der Waals surface area (Å²) in [6.45, 7) is 10.3. The van der Waals surface area contributed by atoms with Gasteiger partial charge >= 0.3 is 0 Å². The molecule has 1 aliphatic heterocycles. The maximum atomic E-state index is 3.47. The number of aryl methyl sites for hydroxylation is 2. The first-order valence-corrected chi connectivity index (χ1v) is 7.74. The molecule has 1 saturated heterocycles. The van der Waals surface area contributed by atoms with Crippen LogP contribution in [-0.4, -0.2) is 42.6 Å². The van der Waals surface area contributed by atoms with Crippen LogP contribution in [0.3, 0.4) is 0 Å². The molecule has 0 radical (unpaired) electrons. The zero-order valence-electron chi connectivity index (χ0n) is 12.6. The lowest BCUT2D eigenvalue weighted by Gasteiger charge is -2.19. The van der Waals surface area contributed by atoms with Crippen molar-refractivity contribution in [2.75, 3.05) is 32.7 Å². The van der Waals surface area contributed by atoms with Crippen LogP contribution in [0.1, 0.15) is 23.1 Å². The number of H-pyrrole nitrogens is 1. The summed E-state index contributed by atoms with van der Waals surface area (Å²) in [5, 5.41) is 4.90. The Morgan fingerprint density at radius 1 is 1.15 bits per heavy atom. The second-order valence-electron chi connectivity index (χ2n) is 6.01. The summed E-state index contributed by atoms with van der Waals surface area (Å²) in [5.41, 5.74) is 5.49. The third-order valence-electron chi connectivity index (χ3n) is 4.33. The van der Waals surface area contributed by atoms with Gasteiger partial charge in [0.15, 0.2) is 0 Å². The van der Waals surface area contributed by atoms with Gasteiger partial charge in [0.25, 0.3) is 0 Å². The molecule has 1 fully saturated rings. The normalized spacial score (nSPS) is 17.5. The molecule has 0 atom stereocenters. The number of fused-ring (bicyclic) bond motifs is 1. The van der Waals surface area contributed by atoms with E-state index in [1.165, 1.54) is 60.2 Å². The van der Waals surface area contributed by atoms with Gasteiger partial charge in [-0.3, -0.25) is 0 Å². The van der Waals surface area contributed by atoms with E-state index in [-0.39, 0.29) is 0 Å². The highest BCUT2D eigenvalue weighted by atomic mass is 15.1. The molecule has 3 rings (SSSR count). The predicted octanol–water partition coefficient (Wildman–Crippen LogP) is 2.62. The summed E-state index contributed by atoms with van der Waals surface area (Å²) < 4.78 is 0. The van der Waals surface area contributed by atoms with Crippen LogP contribution < -0.4 is 5.32 Å². The van der Waals surface area contributed by atoms with Crippen molar-refractivity contribution >= 4 is 10.9 Å². The van der Waals surface area contributed by atoms with Gasteiger partial charge in [-0.1, -0.05) is 6.07 Å². The Kier molecular flexibility index (Phi) is 4.08. The molecule has 2 N–H and O–H groups in total. The third-order valence-corrected chi connectivity index (χ3v) is 4.33. The van der Waals surface area contributed by atoms with E-state index >= 15 is 0 Å². The Morgan fingerprint density at radius 3 is 2.95 bits per heavy atom. The lowest BCUT2D eigenvalue weighted by Crippen LogP contribution is -2.30. The second-order valence-corrected chi connectivity index (χ2v) is 6.01. The van der Waals surface area contributed by atoms with Gasteiger partial charge in [-0.25, -0.2) is 0 Å². The molecule has 2 aromatic rings. The van der Waals surface area contributed by atoms with Crippen LogP contribution in [0.15, 0.2) is 18.3 Å². The smallest absolute Gasteiger partial charge is 0.0462 e. The first kappa shape index (κ1) is 13.7. The van der Waals surface area contributed by atoms with E-state index in [1.54, 1.807) is 0 Å². The Bertz CT molecular complexity index is 577. The molecule has 0 spiro atoms. The molecular formula is C17H25N3. The molecule has 0 aliphatic carbocycles. The summed E-state index contributed by atoms with van der Waals surface area (Å²) in [6.07, 6.45) is 4.61. The molecule has 1 aliphatic rings. The van der Waals surface area contributed by atoms with Gasteiger partial charge in [0.05, 0.1) is 0 Å². The van der Waals surface area contributed by atoms with Gasteiger partial charge < -0.3 is 15.2 Å². The molecular weight excluding hydrogens is 246 g/mol. The van der Waals surface area contributed by atoms with Gasteiger partial charge in [-0.2, -0.15) is 0 Å². The molecule has 20 heavy (non-hydrogen) atoms. The van der Waals surface area contributed by atoms with Gasteiger partial charge in [0.2, 0.25) is 0 Å². The SMILES string of the molecule is Cc1cc(C)c2c(CCN3CCCNCC3)c[nH]c2c1. The summed E-state index contributed by atoms with van der Waals surface area (Å²) in [7, 11) is 0. The fraction of sp³-hybridized carbons (Fsp3) is 0.529. The second kappa shape index (κ2) is 5.98. The van der Waals surface area contributed by atoms with Crippen molar-refractivity contribution in [1.82, 2.24) is 15.2 Å². The van der Waals surface area contributed by atoms with Crippen LogP contribution in [0.2, 0.25) is 0 Å². The van der Waals surface area contributed by atoms with E-state index in [4.69, 9.17) is 0 Å². The van der Waals surface area contributed by atoms with E-state index < -0.39 is 0 Å². The summed E-state index contributed by atoms with van der Waals surface area (Å²) in [4.78, 5) is 6.02. The topological polar surface area (TPSA) is 31.1 Å². The van der Waals surface area contributed by atoms with Crippen molar-refractivity contribution in [3.05, 3.63) is 35.0 Å². The Balaban J connectivity index is 1.74. The minimum atomic E-state index is 1.13. The van der Waals surface area contributed by atoms with Crippen molar-refractivity contribution in [2.45, 2.75) is 26.7 Å². The van der Waals surface area contributed by atoms with E-state index in [0.29, 0.717) is 0 Å². The number of aromatic nitrogens is 1. The lowest BCUT2D eigenvalue weighted by atomic mass is 10.0. The van der Waals surface area contributed by atoms with Crippen molar-refractivity contribution in [2.24, 2.45) is 0 Å². The van der Waals surface area contributed by atoms with Crippen LogP contribution in [-0.2, 0) is 6.42 Å². The summed E-state index contributed by atoms with van der Waals surface area (Å²) in [6, 6.07) is 4.54. The van der Waals surface area contributed by atoms with E-state index in [1.807, 2.05) is 0 Å². The number of benzene rings is 1. The zero-order chi connectivity index (χ0) is 13.9. The minimum absolute atomic E-state index is 1.13. The molecule has 108 valence electrons. The highest BCUT2D eigenvalue weighted by Gasteiger charge is 2.11. The standard InChI is InChI=1S/C17H25N3/c1-13-10-14(2)17-15(12-19-16(17)11-13)4-8-20-7-3-5-18-6-9-20/h10-12,18-19H,3-9H2,1-2H3. The van der Waals surface area contributed by atoms with Crippen molar-refractivity contribution in [3.63, 3.8) is 0 Å². The van der Waals surface area contributed by atoms with E-state index in [2.05, 4.69) is 47.4 Å². The molecule has 0 bridgehead atoms. The highest BCUT2D eigenvalue weighted by Crippen LogP contribution is 2.24. The highest BCUT2D eigenvalue weighted by molar-refractivity contribution is 5.87. The average Bonchev–Trinajstić information content (AvgIpc) is 2.65. The quantitative estimate of drug-likeness (QED) is 0.899. The van der Waals surface area contributed by atoms with Gasteiger partial charge in [0, 0.05) is 36.7 Å². The number of aromatic amines is 1. The molecule has 2 heterocycles. The number of nitrogens with zero attached hydrogens (tertiary/aromatic N) is 1. The van der Waals surface area contributed by atoms with Crippen molar-refractivity contribution in [3.8, 4) is 0 Å². The largest absolute Gasteiger partial charge is 0.361 e. The maximum Gasteiger partial charge on any atom is 0.0462 e. The Morgan fingerprint density at radius 2 is 2.05 bits per heavy atom. The van der Waals surface area contributed by atoms with Crippen LogP contribution >= 0.6 is 0 Å². The molecule has 1 aromatic carbocycles. The zero-order valence-corrected chi connectivity index (χ0v) is 12.6. The molecule has 3 nitrogen and oxygen atoms in total. The number of nitrogens with one attached hydrogen (secondary N) is 2. The first-order chi connectivity index (χ1) is 9.74. The lowest BCUT2D eigenvalue weighted by molar-refractivity contribution is 0.296. The first-order valence-electron chi connectivity index (χ1n) is 7.74. The predicted molar refractivity (Wildman–Crippen MR) is 85.4 cm³/mol. The molecule has 0 saturated carbocycles. The monoisotopic (exact) mass is 271 g/mol. The van der Waals surface area contributed by atoms with Crippen LogP contribution in [0, 0.1) is 13.8 Å². The van der Waals surface area contributed by atoms with Crippen LogP contribution in [0.5, 0.6) is 0 Å². The molecule has 0 amide bonds. The van der Waals surface area contributed by atoms with Crippen molar-refractivity contribution in [1.29, 1.82) is 0 Å². The van der Waals surface area contributed by atoms with Crippen LogP contribution in [0.4, 0.5) is 0 Å². The maximum absolute atomic E-state index is 3.47. The molecule has 3 heteroatoms. The Labute approximate surface area is 121 Å². The average molecular weight is 271 g/mol. The van der Waals surface area contributed by atoms with Crippen molar-refractivity contribution < 1.29 is 0 Å². The fourth-order valence-corrected chi connectivity index (χ4v) is 3.35. The minimum Gasteiger partial charge on any atom is -0.361 e.